The first-order valence-electron chi connectivity index (χ1n) is 13.1. The standard InChI is InChI=1S/C28H39ClN6O2/c1-8-34(22-11-9-21(10-12-22)33(5)6)25-15-20(29)14-23(19(25)4)27(36)30-16-24-26-31-17(2)13-18(3)35(26)32-28(24)37-7/h13-15,21-22H,8-12,16H2,1-7H3,(H,30,36). The first kappa shape index (κ1) is 27.2. The minimum Gasteiger partial charge on any atom is -0.480 e. The summed E-state index contributed by atoms with van der Waals surface area (Å²) in [6.07, 6.45) is 4.61. The van der Waals surface area contributed by atoms with E-state index < -0.39 is 0 Å². The molecule has 0 aliphatic heterocycles. The topological polar surface area (TPSA) is 75.0 Å². The van der Waals surface area contributed by atoms with E-state index >= 15 is 0 Å². The maximum Gasteiger partial charge on any atom is 0.251 e. The third-order valence-corrected chi connectivity index (χ3v) is 7.87. The van der Waals surface area contributed by atoms with Crippen LogP contribution in [0.4, 0.5) is 5.69 Å². The Kier molecular flexibility index (Phi) is 8.29. The lowest BCUT2D eigenvalue weighted by molar-refractivity contribution is 0.0950. The smallest absolute Gasteiger partial charge is 0.251 e. The molecule has 200 valence electrons. The molecular formula is C28H39ClN6O2. The van der Waals surface area contributed by atoms with Crippen LogP contribution in [0.2, 0.25) is 5.02 Å². The number of aryl methyl sites for hydroxylation is 2. The van der Waals surface area contributed by atoms with Gasteiger partial charge in [0.2, 0.25) is 5.88 Å². The number of hydrogen-bond acceptors (Lipinski definition) is 6. The molecule has 0 unspecified atom stereocenters. The number of nitrogens with zero attached hydrogens (tertiary/aromatic N) is 5. The number of nitrogens with one attached hydrogen (secondary N) is 1. The van der Waals surface area contributed by atoms with E-state index in [9.17, 15) is 4.79 Å². The maximum atomic E-state index is 13.5. The van der Waals surface area contributed by atoms with Crippen LogP contribution in [0.1, 0.15) is 65.5 Å². The molecule has 4 rings (SSSR count). The van der Waals surface area contributed by atoms with E-state index in [0.717, 1.165) is 47.6 Å². The van der Waals surface area contributed by atoms with Crippen molar-refractivity contribution in [1.82, 2.24) is 24.8 Å². The van der Waals surface area contributed by atoms with Gasteiger partial charge in [-0.2, -0.15) is 0 Å². The van der Waals surface area contributed by atoms with Crippen molar-refractivity contribution in [3.05, 3.63) is 51.3 Å². The Labute approximate surface area is 224 Å². The molecule has 1 saturated carbocycles. The van der Waals surface area contributed by atoms with Crippen molar-refractivity contribution in [2.75, 3.05) is 32.6 Å². The number of benzene rings is 1. The molecule has 3 aromatic rings. The van der Waals surface area contributed by atoms with Gasteiger partial charge >= 0.3 is 0 Å². The van der Waals surface area contributed by atoms with Gasteiger partial charge in [0.15, 0.2) is 5.65 Å². The van der Waals surface area contributed by atoms with Crippen molar-refractivity contribution in [3.8, 4) is 5.88 Å². The molecule has 1 aliphatic rings. The molecule has 1 amide bonds. The van der Waals surface area contributed by atoms with Crippen molar-refractivity contribution < 1.29 is 9.53 Å². The summed E-state index contributed by atoms with van der Waals surface area (Å²) in [4.78, 5) is 22.9. The number of anilines is 1. The van der Waals surface area contributed by atoms with Crippen LogP contribution < -0.4 is 15.0 Å². The first-order valence-corrected chi connectivity index (χ1v) is 13.4. The highest BCUT2D eigenvalue weighted by molar-refractivity contribution is 6.31. The van der Waals surface area contributed by atoms with Gasteiger partial charge in [-0.1, -0.05) is 11.6 Å². The predicted molar refractivity (Wildman–Crippen MR) is 149 cm³/mol. The molecule has 2 aromatic heterocycles. The highest BCUT2D eigenvalue weighted by Crippen LogP contribution is 2.34. The highest BCUT2D eigenvalue weighted by atomic mass is 35.5. The second kappa shape index (κ2) is 11.3. The van der Waals surface area contributed by atoms with E-state index in [2.05, 4.69) is 46.2 Å². The van der Waals surface area contributed by atoms with Crippen molar-refractivity contribution in [1.29, 1.82) is 0 Å². The van der Waals surface area contributed by atoms with E-state index in [-0.39, 0.29) is 12.5 Å². The molecule has 1 aliphatic carbocycles. The Morgan fingerprint density at radius 3 is 2.43 bits per heavy atom. The van der Waals surface area contributed by atoms with Crippen molar-refractivity contribution in [2.45, 2.75) is 72.0 Å². The van der Waals surface area contributed by atoms with Crippen molar-refractivity contribution >= 4 is 28.8 Å². The third kappa shape index (κ3) is 5.55. The van der Waals surface area contributed by atoms with Gasteiger partial charge in [-0.25, -0.2) is 9.50 Å². The normalized spacial score (nSPS) is 17.9. The maximum absolute atomic E-state index is 13.5. The van der Waals surface area contributed by atoms with Gasteiger partial charge < -0.3 is 19.9 Å². The Morgan fingerprint density at radius 2 is 1.81 bits per heavy atom. The lowest BCUT2D eigenvalue weighted by atomic mass is 9.89. The Balaban J connectivity index is 1.58. The molecule has 0 atom stereocenters. The van der Waals surface area contributed by atoms with E-state index in [4.69, 9.17) is 16.3 Å². The predicted octanol–water partition coefficient (Wildman–Crippen LogP) is 4.95. The van der Waals surface area contributed by atoms with Gasteiger partial charge in [-0.05, 0) is 91.2 Å². The van der Waals surface area contributed by atoms with Crippen molar-refractivity contribution in [2.24, 2.45) is 0 Å². The van der Waals surface area contributed by atoms with Gasteiger partial charge in [-0.15, -0.1) is 5.10 Å². The van der Waals surface area contributed by atoms with Gasteiger partial charge in [0, 0.05) is 46.3 Å². The molecule has 8 nitrogen and oxygen atoms in total. The van der Waals surface area contributed by atoms with Crippen LogP contribution in [0, 0.1) is 20.8 Å². The zero-order chi connectivity index (χ0) is 26.9. The molecule has 1 aromatic carbocycles. The fourth-order valence-corrected chi connectivity index (χ4v) is 5.85. The zero-order valence-corrected chi connectivity index (χ0v) is 23.8. The zero-order valence-electron chi connectivity index (χ0n) is 23.1. The number of amides is 1. The Morgan fingerprint density at radius 1 is 1.14 bits per heavy atom. The molecule has 2 heterocycles. The Hall–Kier alpha value is -2.84. The molecule has 9 heteroatoms. The van der Waals surface area contributed by atoms with Crippen molar-refractivity contribution in [3.63, 3.8) is 0 Å². The van der Waals surface area contributed by atoms with Gasteiger partial charge in [0.25, 0.3) is 5.91 Å². The number of methoxy groups -OCH3 is 1. The lowest BCUT2D eigenvalue weighted by Crippen LogP contribution is -2.42. The van der Waals surface area contributed by atoms with Gasteiger partial charge in [-0.3, -0.25) is 4.79 Å². The minimum absolute atomic E-state index is 0.181. The fourth-order valence-electron chi connectivity index (χ4n) is 5.64. The second-order valence-corrected chi connectivity index (χ2v) is 10.7. The minimum atomic E-state index is -0.181. The summed E-state index contributed by atoms with van der Waals surface area (Å²) in [5, 5.41) is 8.15. The van der Waals surface area contributed by atoms with Gasteiger partial charge in [0.05, 0.1) is 19.2 Å². The average Bonchev–Trinajstić information content (AvgIpc) is 3.22. The van der Waals surface area contributed by atoms with Crippen LogP contribution in [-0.2, 0) is 6.54 Å². The summed E-state index contributed by atoms with van der Waals surface area (Å²) in [5.41, 5.74) is 5.82. The largest absolute Gasteiger partial charge is 0.480 e. The van der Waals surface area contributed by atoms with E-state index in [1.807, 2.05) is 32.9 Å². The molecule has 0 spiro atoms. The van der Waals surface area contributed by atoms with Gasteiger partial charge in [0.1, 0.15) is 0 Å². The van der Waals surface area contributed by atoms with E-state index in [1.54, 1.807) is 17.7 Å². The first-order chi connectivity index (χ1) is 17.6. The van der Waals surface area contributed by atoms with Crippen LogP contribution in [0.15, 0.2) is 18.2 Å². The summed E-state index contributed by atoms with van der Waals surface area (Å²) in [5.74, 6) is 0.273. The summed E-state index contributed by atoms with van der Waals surface area (Å²) in [6.45, 7) is 9.21. The second-order valence-electron chi connectivity index (χ2n) is 10.3. The molecule has 0 radical (unpaired) electrons. The number of carbonyl (C=O) groups excluding carboxylic acids is 1. The third-order valence-electron chi connectivity index (χ3n) is 7.65. The average molecular weight is 527 g/mol. The number of halogens is 1. The number of ether oxygens (including phenoxy) is 1. The number of aromatic nitrogens is 3. The molecule has 1 N–H and O–H groups in total. The van der Waals surface area contributed by atoms with Crippen LogP contribution in [0.25, 0.3) is 5.65 Å². The number of carbonyl (C=O) groups is 1. The summed E-state index contributed by atoms with van der Waals surface area (Å²) in [7, 11) is 5.90. The molecule has 37 heavy (non-hydrogen) atoms. The quantitative estimate of drug-likeness (QED) is 0.448. The van der Waals surface area contributed by atoms with E-state index in [0.29, 0.717) is 34.2 Å². The molecule has 0 bridgehead atoms. The molecule has 0 saturated heterocycles. The van der Waals surface area contributed by atoms with Crippen LogP contribution in [0.5, 0.6) is 5.88 Å². The van der Waals surface area contributed by atoms with Crippen LogP contribution in [-0.4, -0.2) is 65.2 Å². The lowest BCUT2D eigenvalue weighted by Gasteiger charge is -2.40. The Bertz CT molecular complexity index is 1280. The summed E-state index contributed by atoms with van der Waals surface area (Å²) < 4.78 is 7.26. The van der Waals surface area contributed by atoms with Crippen LogP contribution in [0.3, 0.4) is 0 Å². The number of rotatable bonds is 8. The number of hydrogen-bond donors (Lipinski definition) is 1. The molecule has 1 fully saturated rings. The SMILES string of the molecule is CCN(c1cc(Cl)cc(C(=O)NCc2c(OC)nn3c(C)cc(C)nc23)c1C)C1CCC(N(C)C)CC1. The van der Waals surface area contributed by atoms with E-state index in [1.165, 1.54) is 12.8 Å². The molecular weight excluding hydrogens is 488 g/mol. The van der Waals surface area contributed by atoms with Crippen LogP contribution >= 0.6 is 11.6 Å². The monoisotopic (exact) mass is 526 g/mol. The summed E-state index contributed by atoms with van der Waals surface area (Å²) >= 11 is 6.57. The summed E-state index contributed by atoms with van der Waals surface area (Å²) in [6, 6.07) is 6.79. The number of fused-ring (bicyclic) bond motifs is 1. The fraction of sp³-hybridized carbons (Fsp3) is 0.536. The highest BCUT2D eigenvalue weighted by Gasteiger charge is 2.28.